The SMILES string of the molecule is O[C@]1(c2ccccc2)C[C@H]2C=C[C@@H]1CC2. The van der Waals surface area contributed by atoms with E-state index in [1.165, 1.54) is 6.42 Å². The Balaban J connectivity index is 2.02. The number of benzene rings is 1. The molecule has 78 valence electrons. The van der Waals surface area contributed by atoms with Gasteiger partial charge in [0.15, 0.2) is 0 Å². The van der Waals surface area contributed by atoms with Gasteiger partial charge >= 0.3 is 0 Å². The zero-order valence-electron chi connectivity index (χ0n) is 8.76. The Kier molecular flexibility index (Phi) is 1.96. The predicted octanol–water partition coefficient (Wildman–Crippen LogP) is 2.86. The van der Waals surface area contributed by atoms with Gasteiger partial charge in [-0.2, -0.15) is 0 Å². The zero-order chi connectivity index (χ0) is 10.3. The van der Waals surface area contributed by atoms with E-state index in [1.807, 2.05) is 18.2 Å². The molecule has 1 saturated carbocycles. The fourth-order valence-corrected chi connectivity index (χ4v) is 3.06. The van der Waals surface area contributed by atoms with Crippen LogP contribution >= 0.6 is 0 Å². The van der Waals surface area contributed by atoms with Crippen LogP contribution in [0.15, 0.2) is 42.5 Å². The number of hydrogen-bond acceptors (Lipinski definition) is 1. The molecule has 1 heteroatoms. The van der Waals surface area contributed by atoms with Crippen LogP contribution in [0.3, 0.4) is 0 Å². The van der Waals surface area contributed by atoms with Crippen LogP contribution in [0, 0.1) is 11.8 Å². The number of aliphatic hydroxyl groups is 1. The van der Waals surface area contributed by atoms with Gasteiger partial charge in [-0.05, 0) is 30.7 Å². The molecular formula is C14H16O. The smallest absolute Gasteiger partial charge is 0.0964 e. The maximum atomic E-state index is 10.8. The van der Waals surface area contributed by atoms with E-state index in [1.54, 1.807) is 0 Å². The lowest BCUT2D eigenvalue weighted by molar-refractivity contribution is -0.0551. The van der Waals surface area contributed by atoms with Crippen LogP contribution in [-0.4, -0.2) is 5.11 Å². The van der Waals surface area contributed by atoms with Crippen molar-refractivity contribution in [1.82, 2.24) is 0 Å². The molecular weight excluding hydrogens is 184 g/mol. The van der Waals surface area contributed by atoms with Gasteiger partial charge < -0.3 is 5.11 Å². The van der Waals surface area contributed by atoms with Gasteiger partial charge in [0.2, 0.25) is 0 Å². The molecule has 0 spiro atoms. The van der Waals surface area contributed by atoms with Crippen LogP contribution in [0.4, 0.5) is 0 Å². The van der Waals surface area contributed by atoms with E-state index in [4.69, 9.17) is 0 Å². The summed E-state index contributed by atoms with van der Waals surface area (Å²) in [5, 5.41) is 10.8. The summed E-state index contributed by atoms with van der Waals surface area (Å²) in [6.45, 7) is 0. The highest BCUT2D eigenvalue weighted by atomic mass is 16.3. The third-order valence-electron chi connectivity index (χ3n) is 3.92. The number of fused-ring (bicyclic) bond motifs is 2. The highest BCUT2D eigenvalue weighted by Crippen LogP contribution is 2.48. The summed E-state index contributed by atoms with van der Waals surface area (Å²) in [5.41, 5.74) is 0.489. The van der Waals surface area contributed by atoms with Gasteiger partial charge in [0.1, 0.15) is 0 Å². The lowest BCUT2D eigenvalue weighted by Crippen LogP contribution is -2.42. The molecule has 1 aromatic carbocycles. The molecule has 0 unspecified atom stereocenters. The molecule has 2 bridgehead atoms. The molecule has 3 aliphatic rings. The van der Waals surface area contributed by atoms with Crippen molar-refractivity contribution in [3.63, 3.8) is 0 Å². The molecule has 1 N–H and O–H groups in total. The maximum absolute atomic E-state index is 10.8. The average molecular weight is 200 g/mol. The Morgan fingerprint density at radius 2 is 1.87 bits per heavy atom. The molecule has 1 aromatic rings. The molecule has 3 aliphatic carbocycles. The van der Waals surface area contributed by atoms with Crippen molar-refractivity contribution in [2.24, 2.45) is 11.8 Å². The lowest BCUT2D eigenvalue weighted by Gasteiger charge is -2.45. The monoisotopic (exact) mass is 200 g/mol. The second kappa shape index (κ2) is 3.21. The van der Waals surface area contributed by atoms with Gasteiger partial charge in [0, 0.05) is 5.92 Å². The number of allylic oxidation sites excluding steroid dienone is 1. The predicted molar refractivity (Wildman–Crippen MR) is 60.3 cm³/mol. The average Bonchev–Trinajstić information content (AvgIpc) is 2.31. The van der Waals surface area contributed by atoms with Crippen molar-refractivity contribution in [1.29, 1.82) is 0 Å². The molecule has 15 heavy (non-hydrogen) atoms. The van der Waals surface area contributed by atoms with Crippen molar-refractivity contribution in [2.45, 2.75) is 24.9 Å². The van der Waals surface area contributed by atoms with Gasteiger partial charge in [0.25, 0.3) is 0 Å². The van der Waals surface area contributed by atoms with Crippen LogP contribution in [0.1, 0.15) is 24.8 Å². The zero-order valence-corrected chi connectivity index (χ0v) is 8.76. The van der Waals surface area contributed by atoms with Crippen LogP contribution < -0.4 is 0 Å². The molecule has 0 aromatic heterocycles. The topological polar surface area (TPSA) is 20.2 Å². The first-order valence-corrected chi connectivity index (χ1v) is 5.75. The van der Waals surface area contributed by atoms with Gasteiger partial charge in [-0.3, -0.25) is 0 Å². The van der Waals surface area contributed by atoms with Gasteiger partial charge in [0.05, 0.1) is 5.60 Å². The van der Waals surface area contributed by atoms with E-state index >= 15 is 0 Å². The van der Waals surface area contributed by atoms with Crippen molar-refractivity contribution in [2.75, 3.05) is 0 Å². The minimum absolute atomic E-state index is 0.324. The molecule has 0 amide bonds. The second-order valence-electron chi connectivity index (χ2n) is 4.82. The summed E-state index contributed by atoms with van der Waals surface area (Å²) in [6.07, 6.45) is 7.78. The van der Waals surface area contributed by atoms with Gasteiger partial charge in [-0.25, -0.2) is 0 Å². The van der Waals surface area contributed by atoms with Gasteiger partial charge in [-0.1, -0.05) is 42.5 Å². The quantitative estimate of drug-likeness (QED) is 0.691. The third kappa shape index (κ3) is 1.34. The standard InChI is InChI=1S/C14H16O/c15-14(12-4-2-1-3-5-12)10-11-6-8-13(14)9-7-11/h1-6,8,11,13,15H,7,9-10H2/t11-,13+,14-/m0/s1. The Labute approximate surface area is 90.4 Å². The van der Waals surface area contributed by atoms with Crippen molar-refractivity contribution in [3.05, 3.63) is 48.0 Å². The largest absolute Gasteiger partial charge is 0.385 e. The fraction of sp³-hybridized carbons (Fsp3) is 0.429. The van der Waals surface area contributed by atoms with E-state index in [0.29, 0.717) is 11.8 Å². The summed E-state index contributed by atoms with van der Waals surface area (Å²) in [5.74, 6) is 0.908. The third-order valence-corrected chi connectivity index (χ3v) is 3.92. The van der Waals surface area contributed by atoms with E-state index < -0.39 is 5.60 Å². The molecule has 0 saturated heterocycles. The van der Waals surface area contributed by atoms with E-state index in [2.05, 4.69) is 24.3 Å². The molecule has 0 aliphatic heterocycles. The molecule has 0 heterocycles. The van der Waals surface area contributed by atoms with Crippen LogP contribution in [0.2, 0.25) is 0 Å². The Hall–Kier alpha value is -1.08. The molecule has 4 rings (SSSR count). The summed E-state index contributed by atoms with van der Waals surface area (Å²) < 4.78 is 0. The van der Waals surface area contributed by atoms with E-state index in [-0.39, 0.29) is 0 Å². The van der Waals surface area contributed by atoms with Gasteiger partial charge in [-0.15, -0.1) is 0 Å². The normalized spacial score (nSPS) is 38.2. The highest BCUT2D eigenvalue weighted by molar-refractivity contribution is 5.28. The highest BCUT2D eigenvalue weighted by Gasteiger charge is 2.44. The Morgan fingerprint density at radius 3 is 2.40 bits per heavy atom. The molecule has 3 atom stereocenters. The van der Waals surface area contributed by atoms with Crippen molar-refractivity contribution < 1.29 is 5.11 Å². The summed E-state index contributed by atoms with van der Waals surface area (Å²) in [7, 11) is 0. The first-order chi connectivity index (χ1) is 7.29. The summed E-state index contributed by atoms with van der Waals surface area (Å²) >= 11 is 0. The second-order valence-corrected chi connectivity index (χ2v) is 4.82. The fourth-order valence-electron chi connectivity index (χ4n) is 3.06. The van der Waals surface area contributed by atoms with E-state index in [9.17, 15) is 5.11 Å². The minimum atomic E-state index is -0.598. The maximum Gasteiger partial charge on any atom is 0.0964 e. The van der Waals surface area contributed by atoms with Crippen molar-refractivity contribution >= 4 is 0 Å². The Bertz CT molecular complexity index is 382. The van der Waals surface area contributed by atoms with E-state index in [0.717, 1.165) is 18.4 Å². The van der Waals surface area contributed by atoms with Crippen molar-refractivity contribution in [3.8, 4) is 0 Å². The number of hydrogen-bond donors (Lipinski definition) is 1. The lowest BCUT2D eigenvalue weighted by atomic mass is 9.64. The first-order valence-electron chi connectivity index (χ1n) is 5.75. The molecule has 0 radical (unpaired) electrons. The molecule has 1 fully saturated rings. The Morgan fingerprint density at radius 1 is 1.07 bits per heavy atom. The van der Waals surface area contributed by atoms with Crippen LogP contribution in [0.5, 0.6) is 0 Å². The summed E-state index contributed by atoms with van der Waals surface area (Å²) in [6, 6.07) is 10.1. The summed E-state index contributed by atoms with van der Waals surface area (Å²) in [4.78, 5) is 0. The van der Waals surface area contributed by atoms with Crippen LogP contribution in [-0.2, 0) is 5.60 Å². The number of rotatable bonds is 1. The molecule has 1 nitrogen and oxygen atoms in total. The van der Waals surface area contributed by atoms with Crippen LogP contribution in [0.25, 0.3) is 0 Å². The first kappa shape index (κ1) is 9.17. The minimum Gasteiger partial charge on any atom is -0.385 e.